The Morgan fingerprint density at radius 2 is 1.75 bits per heavy atom. The van der Waals surface area contributed by atoms with Gasteiger partial charge in [-0.15, -0.1) is 0 Å². The van der Waals surface area contributed by atoms with Crippen LogP contribution in [0.2, 0.25) is 0 Å². The maximum Gasteiger partial charge on any atom is 0.328 e. The fourth-order valence-electron chi connectivity index (χ4n) is 1.57. The molecule has 0 bridgehead atoms. The Morgan fingerprint density at radius 1 is 1.05 bits per heavy atom. The molecule has 0 saturated heterocycles. The lowest BCUT2D eigenvalue weighted by molar-refractivity contribution is -0.131. The largest absolute Gasteiger partial charge is 0.478 e. The predicted molar refractivity (Wildman–Crippen MR) is 69.5 cm³/mol. The van der Waals surface area contributed by atoms with Gasteiger partial charge in [0.05, 0.1) is 0 Å². The molecule has 0 aliphatic rings. The summed E-state index contributed by atoms with van der Waals surface area (Å²) in [5.41, 5.74) is 0.599. The van der Waals surface area contributed by atoms with Gasteiger partial charge in [-0.2, -0.15) is 0 Å². The van der Waals surface area contributed by atoms with E-state index in [9.17, 15) is 13.6 Å². The van der Waals surface area contributed by atoms with Crippen molar-refractivity contribution >= 4 is 12.0 Å². The predicted octanol–water partition coefficient (Wildman–Crippen LogP) is 3.85. The monoisotopic (exact) mass is 276 g/mol. The Kier molecular flexibility index (Phi) is 4.10. The molecule has 0 aliphatic carbocycles. The molecule has 2 rings (SSSR count). The van der Waals surface area contributed by atoms with Crippen LogP contribution in [0.15, 0.2) is 48.5 Å². The molecule has 0 amide bonds. The third-order valence-electron chi connectivity index (χ3n) is 2.35. The Hall–Kier alpha value is -2.69. The number of ether oxygens (including phenoxy) is 1. The average Bonchev–Trinajstić information content (AvgIpc) is 2.35. The van der Waals surface area contributed by atoms with E-state index < -0.39 is 17.6 Å². The van der Waals surface area contributed by atoms with E-state index in [-0.39, 0.29) is 5.75 Å². The Morgan fingerprint density at radius 3 is 2.40 bits per heavy atom. The molecule has 2 aromatic rings. The number of hydrogen-bond donors (Lipinski definition) is 1. The first kappa shape index (κ1) is 13.7. The summed E-state index contributed by atoms with van der Waals surface area (Å²) in [4.78, 5) is 10.4. The summed E-state index contributed by atoms with van der Waals surface area (Å²) in [6.45, 7) is 0. The van der Waals surface area contributed by atoms with Crippen molar-refractivity contribution in [3.8, 4) is 11.5 Å². The van der Waals surface area contributed by atoms with Gasteiger partial charge in [-0.1, -0.05) is 12.1 Å². The van der Waals surface area contributed by atoms with Crippen molar-refractivity contribution in [3.63, 3.8) is 0 Å². The number of hydrogen-bond acceptors (Lipinski definition) is 2. The molecule has 5 heteroatoms. The molecule has 0 unspecified atom stereocenters. The second kappa shape index (κ2) is 5.97. The van der Waals surface area contributed by atoms with Gasteiger partial charge in [0.1, 0.15) is 23.1 Å². The molecule has 0 saturated carbocycles. The van der Waals surface area contributed by atoms with Crippen molar-refractivity contribution < 1.29 is 23.4 Å². The lowest BCUT2D eigenvalue weighted by Gasteiger charge is -2.06. The van der Waals surface area contributed by atoms with E-state index in [4.69, 9.17) is 9.84 Å². The molecule has 0 fully saturated rings. The number of rotatable bonds is 4. The molecule has 0 radical (unpaired) electrons. The third kappa shape index (κ3) is 3.91. The van der Waals surface area contributed by atoms with E-state index in [1.807, 2.05) is 0 Å². The number of carbonyl (C=O) groups is 1. The van der Waals surface area contributed by atoms with Gasteiger partial charge in [-0.25, -0.2) is 13.6 Å². The molecule has 0 aromatic heterocycles. The minimum atomic E-state index is -1.07. The molecule has 0 spiro atoms. The molecule has 1 N–H and O–H groups in total. The van der Waals surface area contributed by atoms with Crippen LogP contribution in [-0.2, 0) is 4.79 Å². The summed E-state index contributed by atoms with van der Waals surface area (Å²) in [7, 11) is 0. The first-order chi connectivity index (χ1) is 9.52. The summed E-state index contributed by atoms with van der Waals surface area (Å²) in [5.74, 6) is -2.16. The van der Waals surface area contributed by atoms with Gasteiger partial charge in [-0.3, -0.25) is 0 Å². The van der Waals surface area contributed by atoms with E-state index in [2.05, 4.69) is 0 Å². The molecule has 3 nitrogen and oxygen atoms in total. The van der Waals surface area contributed by atoms with E-state index in [1.54, 1.807) is 24.3 Å². The standard InChI is InChI=1S/C15H10F2O3/c16-11-7-12(17)9-14(8-11)20-13-3-1-2-10(6-13)4-5-15(18)19/h1-9H,(H,18,19). The van der Waals surface area contributed by atoms with Gasteiger partial charge in [0.2, 0.25) is 0 Å². The fraction of sp³-hybridized carbons (Fsp3) is 0. The van der Waals surface area contributed by atoms with Crippen LogP contribution in [0, 0.1) is 11.6 Å². The summed E-state index contributed by atoms with van der Waals surface area (Å²) >= 11 is 0. The zero-order valence-corrected chi connectivity index (χ0v) is 10.2. The van der Waals surface area contributed by atoms with Crippen molar-refractivity contribution in [3.05, 3.63) is 65.7 Å². The average molecular weight is 276 g/mol. The minimum absolute atomic E-state index is 0.0295. The number of benzene rings is 2. The molecular formula is C15H10F2O3. The van der Waals surface area contributed by atoms with Crippen LogP contribution < -0.4 is 4.74 Å². The van der Waals surface area contributed by atoms with Crippen molar-refractivity contribution in [2.45, 2.75) is 0 Å². The van der Waals surface area contributed by atoms with Gasteiger partial charge in [0.15, 0.2) is 0 Å². The first-order valence-electron chi connectivity index (χ1n) is 5.68. The highest BCUT2D eigenvalue weighted by atomic mass is 19.1. The van der Waals surface area contributed by atoms with Crippen LogP contribution in [0.4, 0.5) is 8.78 Å². The SMILES string of the molecule is O=C(O)C=Cc1cccc(Oc2cc(F)cc(F)c2)c1. The maximum absolute atomic E-state index is 13.0. The highest BCUT2D eigenvalue weighted by Gasteiger charge is 2.03. The highest BCUT2D eigenvalue weighted by molar-refractivity contribution is 5.85. The number of carboxylic acid groups (broad SMARTS) is 1. The molecular weight excluding hydrogens is 266 g/mol. The maximum atomic E-state index is 13.0. The summed E-state index contributed by atoms with van der Waals surface area (Å²) in [6, 6.07) is 9.35. The molecule has 20 heavy (non-hydrogen) atoms. The Labute approximate surface area is 113 Å². The minimum Gasteiger partial charge on any atom is -0.478 e. The van der Waals surface area contributed by atoms with Gasteiger partial charge in [0, 0.05) is 24.3 Å². The lowest BCUT2D eigenvalue weighted by atomic mass is 10.2. The quantitative estimate of drug-likeness (QED) is 0.863. The smallest absolute Gasteiger partial charge is 0.328 e. The lowest BCUT2D eigenvalue weighted by Crippen LogP contribution is -1.89. The van der Waals surface area contributed by atoms with Crippen LogP contribution in [0.25, 0.3) is 6.08 Å². The van der Waals surface area contributed by atoms with Crippen LogP contribution in [0.1, 0.15) is 5.56 Å². The normalized spacial score (nSPS) is 10.7. The highest BCUT2D eigenvalue weighted by Crippen LogP contribution is 2.24. The second-order valence-electron chi connectivity index (χ2n) is 3.95. The van der Waals surface area contributed by atoms with Gasteiger partial charge < -0.3 is 9.84 Å². The second-order valence-corrected chi connectivity index (χ2v) is 3.95. The zero-order chi connectivity index (χ0) is 14.5. The number of aliphatic carboxylic acids is 1. The topological polar surface area (TPSA) is 46.5 Å². The van der Waals surface area contributed by atoms with Crippen LogP contribution in [0.3, 0.4) is 0 Å². The number of halogens is 2. The first-order valence-corrected chi connectivity index (χ1v) is 5.68. The number of carboxylic acids is 1. The van der Waals surface area contributed by atoms with E-state index in [0.717, 1.165) is 24.3 Å². The van der Waals surface area contributed by atoms with Gasteiger partial charge in [0.25, 0.3) is 0 Å². The van der Waals surface area contributed by atoms with Gasteiger partial charge >= 0.3 is 5.97 Å². The fourth-order valence-corrected chi connectivity index (χ4v) is 1.57. The van der Waals surface area contributed by atoms with Gasteiger partial charge in [-0.05, 0) is 23.8 Å². The Balaban J connectivity index is 2.21. The van der Waals surface area contributed by atoms with E-state index in [0.29, 0.717) is 11.3 Å². The molecule has 0 heterocycles. The Bertz CT molecular complexity index is 646. The van der Waals surface area contributed by atoms with E-state index in [1.165, 1.54) is 6.08 Å². The molecule has 2 aromatic carbocycles. The van der Waals surface area contributed by atoms with Crippen LogP contribution in [-0.4, -0.2) is 11.1 Å². The third-order valence-corrected chi connectivity index (χ3v) is 2.35. The molecule has 0 aliphatic heterocycles. The van der Waals surface area contributed by atoms with Crippen molar-refractivity contribution in [2.75, 3.05) is 0 Å². The van der Waals surface area contributed by atoms with Crippen LogP contribution in [0.5, 0.6) is 11.5 Å². The summed E-state index contributed by atoms with van der Waals surface area (Å²) in [5, 5.41) is 8.54. The summed E-state index contributed by atoms with van der Waals surface area (Å²) < 4.78 is 31.4. The summed E-state index contributed by atoms with van der Waals surface area (Å²) in [6.07, 6.45) is 2.38. The van der Waals surface area contributed by atoms with E-state index >= 15 is 0 Å². The van der Waals surface area contributed by atoms with Crippen molar-refractivity contribution in [1.82, 2.24) is 0 Å². The van der Waals surface area contributed by atoms with Crippen LogP contribution >= 0.6 is 0 Å². The van der Waals surface area contributed by atoms with Crippen molar-refractivity contribution in [1.29, 1.82) is 0 Å². The zero-order valence-electron chi connectivity index (χ0n) is 10.2. The molecule has 0 atom stereocenters. The van der Waals surface area contributed by atoms with Crippen molar-refractivity contribution in [2.24, 2.45) is 0 Å². The molecule has 102 valence electrons.